The van der Waals surface area contributed by atoms with Gasteiger partial charge in [0.1, 0.15) is 0 Å². The van der Waals surface area contributed by atoms with Gasteiger partial charge in [-0.15, -0.1) is 0 Å². The van der Waals surface area contributed by atoms with Crippen molar-refractivity contribution in [3.63, 3.8) is 0 Å². The van der Waals surface area contributed by atoms with Gasteiger partial charge in [-0.25, -0.2) is 0 Å². The summed E-state index contributed by atoms with van der Waals surface area (Å²) in [7, 11) is 0. The number of hydrogen-bond acceptors (Lipinski definition) is 0. The second-order valence-electron chi connectivity index (χ2n) is 39.9. The van der Waals surface area contributed by atoms with Crippen LogP contribution in [0.2, 0.25) is 0 Å². The Morgan fingerprint density at radius 2 is 0.0643 bits per heavy atom. The molecular formula is C140H120. The largest absolute Gasteiger partial charge is 0.0584 e. The standard InChI is InChI=1S/4C35H30/c4*1-2-27-4-3-26(1)21-28-5-7-30(8-6-28)23-32-13-15-34(16-14-32)25-35-19-17-33(18-20-35)24-31-11-9-29(22-27)10-12-31/h4*1-20H,21-25H2. The van der Waals surface area contributed by atoms with Gasteiger partial charge < -0.3 is 0 Å². The third-order valence-electron chi connectivity index (χ3n) is 28.6. The Balaban J connectivity index is 0.000000111. The summed E-state index contributed by atoms with van der Waals surface area (Å²) in [5.41, 5.74) is 54.6. The van der Waals surface area contributed by atoms with Crippen molar-refractivity contribution in [2.45, 2.75) is 128 Å². The van der Waals surface area contributed by atoms with E-state index in [0.717, 1.165) is 128 Å². The highest BCUT2D eigenvalue weighted by atomic mass is 14.2. The third-order valence-corrected chi connectivity index (χ3v) is 28.6. The van der Waals surface area contributed by atoms with E-state index < -0.39 is 0 Å². The van der Waals surface area contributed by atoms with Crippen LogP contribution in [-0.2, 0) is 128 Å². The zero-order valence-corrected chi connectivity index (χ0v) is 80.3. The molecule has 140 heavy (non-hydrogen) atoms. The molecule has 60 rings (SSSR count). The summed E-state index contributed by atoms with van der Waals surface area (Å²) < 4.78 is 0. The summed E-state index contributed by atoms with van der Waals surface area (Å²) in [6.45, 7) is 0. The number of benzene rings is 20. The Morgan fingerprint density at radius 1 is 0.0429 bits per heavy atom. The molecule has 40 aliphatic rings. The minimum atomic E-state index is 0.976. The molecule has 20 aromatic rings. The molecule has 0 fully saturated rings. The lowest BCUT2D eigenvalue weighted by Gasteiger charge is -2.08. The van der Waals surface area contributed by atoms with Crippen LogP contribution in [0.4, 0.5) is 0 Å². The molecule has 0 aromatic heterocycles. The van der Waals surface area contributed by atoms with Gasteiger partial charge in [-0.2, -0.15) is 0 Å². The predicted molar refractivity (Wildman–Crippen MR) is 585 cm³/mol. The van der Waals surface area contributed by atoms with Crippen molar-refractivity contribution >= 4 is 0 Å². The minimum Gasteiger partial charge on any atom is -0.0584 e. The molecule has 680 valence electrons. The Labute approximate surface area is 830 Å². The molecular weight excluding hydrogens is 1680 g/mol. The topological polar surface area (TPSA) is 0 Å². The zero-order chi connectivity index (χ0) is 93.8. The van der Waals surface area contributed by atoms with E-state index in [-0.39, 0.29) is 0 Å². The van der Waals surface area contributed by atoms with E-state index in [1.165, 1.54) is 223 Å². The van der Waals surface area contributed by atoms with Crippen molar-refractivity contribution < 1.29 is 0 Å². The molecule has 40 bridgehead atoms. The van der Waals surface area contributed by atoms with Crippen LogP contribution in [0.15, 0.2) is 485 Å². The highest BCUT2D eigenvalue weighted by Crippen LogP contribution is 2.29. The molecule has 0 unspecified atom stereocenters. The maximum absolute atomic E-state index is 2.28. The Hall–Kier alpha value is -15.6. The van der Waals surface area contributed by atoms with Gasteiger partial charge in [0.15, 0.2) is 0 Å². The summed E-state index contributed by atoms with van der Waals surface area (Å²) in [6.07, 6.45) is 19.5. The molecule has 0 spiro atoms. The fourth-order valence-corrected chi connectivity index (χ4v) is 20.2. The average molecular weight is 1800 g/mol. The van der Waals surface area contributed by atoms with Crippen LogP contribution in [-0.4, -0.2) is 0 Å². The highest BCUT2D eigenvalue weighted by Gasteiger charge is 2.14. The van der Waals surface area contributed by atoms with Crippen LogP contribution >= 0.6 is 0 Å². The second kappa shape index (κ2) is 44.3. The van der Waals surface area contributed by atoms with Crippen molar-refractivity contribution in [1.82, 2.24) is 0 Å². The quantitative estimate of drug-likeness (QED) is 0.142. The van der Waals surface area contributed by atoms with Crippen molar-refractivity contribution in [2.75, 3.05) is 0 Å². The lowest BCUT2D eigenvalue weighted by molar-refractivity contribution is 1.13. The molecule has 0 heterocycles. The third kappa shape index (κ3) is 25.8. The van der Waals surface area contributed by atoms with E-state index in [1.54, 1.807) is 0 Å². The monoisotopic (exact) mass is 1800 g/mol. The molecule has 0 saturated carbocycles. The number of rotatable bonds is 0. The van der Waals surface area contributed by atoms with Gasteiger partial charge in [-0.3, -0.25) is 0 Å². The maximum Gasteiger partial charge on any atom is -0.00258 e. The van der Waals surface area contributed by atoms with Crippen molar-refractivity contribution in [3.8, 4) is 0 Å². The molecule has 0 nitrogen and oxygen atoms in total. The van der Waals surface area contributed by atoms with Crippen LogP contribution in [0.1, 0.15) is 223 Å². The van der Waals surface area contributed by atoms with E-state index in [2.05, 4.69) is 485 Å². The number of hydrogen-bond donors (Lipinski definition) is 0. The van der Waals surface area contributed by atoms with E-state index in [9.17, 15) is 0 Å². The van der Waals surface area contributed by atoms with E-state index >= 15 is 0 Å². The summed E-state index contributed by atoms with van der Waals surface area (Å²) >= 11 is 0. The first-order valence-electron chi connectivity index (χ1n) is 50.6. The summed E-state index contributed by atoms with van der Waals surface area (Å²) in [5, 5.41) is 0. The van der Waals surface area contributed by atoms with Gasteiger partial charge in [0.05, 0.1) is 0 Å². The highest BCUT2D eigenvalue weighted by molar-refractivity contribution is 5.48. The molecule has 0 amide bonds. The Morgan fingerprint density at radius 3 is 0.0857 bits per heavy atom. The second-order valence-corrected chi connectivity index (χ2v) is 39.9. The van der Waals surface area contributed by atoms with Gasteiger partial charge in [-0.05, 0) is 351 Å². The van der Waals surface area contributed by atoms with E-state index in [4.69, 9.17) is 0 Å². The maximum atomic E-state index is 2.28. The SMILES string of the molecule is c1cc2ccc1Cc1ccc(cc1)Cc1ccc(cc1)Cc1ccc(cc1)Cc1ccc(cc1)C2.c1cc2ccc1Cc1ccc(cc1)Cc1ccc(cc1)Cc1ccc(cc1)Cc1ccc(cc1)C2.c1cc2ccc1Cc1ccc(cc1)Cc1ccc(cc1)Cc1ccc(cc1)Cc1ccc(cc1)C2.c1cc2ccc1Cc1ccc(cc1)Cc1ccc(cc1)Cc1ccc(cc1)Cc1ccc(cc1)C2. The fraction of sp³-hybridized carbons (Fsp3) is 0.143. The lowest BCUT2D eigenvalue weighted by Crippen LogP contribution is -1.93. The smallest absolute Gasteiger partial charge is 0.00258 e. The molecule has 0 radical (unpaired) electrons. The van der Waals surface area contributed by atoms with Gasteiger partial charge in [0.25, 0.3) is 0 Å². The molecule has 0 heteroatoms. The fourth-order valence-electron chi connectivity index (χ4n) is 20.2. The van der Waals surface area contributed by atoms with Gasteiger partial charge in [0.2, 0.25) is 0 Å². The zero-order valence-electron chi connectivity index (χ0n) is 80.3. The first-order valence-corrected chi connectivity index (χ1v) is 50.6. The van der Waals surface area contributed by atoms with Gasteiger partial charge in [-0.1, -0.05) is 485 Å². The van der Waals surface area contributed by atoms with Gasteiger partial charge >= 0.3 is 0 Å². The summed E-state index contributed by atoms with van der Waals surface area (Å²) in [4.78, 5) is 0. The molecule has 0 atom stereocenters. The molecule has 20 aromatic carbocycles. The van der Waals surface area contributed by atoms with E-state index in [1.807, 2.05) is 0 Å². The molecule has 0 N–H and O–H groups in total. The first-order chi connectivity index (χ1) is 69.0. The summed E-state index contributed by atoms with van der Waals surface area (Å²) in [5.74, 6) is 0. The average Bonchev–Trinajstić information content (AvgIpc) is 1.36. The molecule has 0 aliphatic heterocycles. The van der Waals surface area contributed by atoms with Crippen molar-refractivity contribution in [2.24, 2.45) is 0 Å². The van der Waals surface area contributed by atoms with Gasteiger partial charge in [0, 0.05) is 0 Å². The summed E-state index contributed by atoms with van der Waals surface area (Å²) in [6, 6.07) is 183. The molecule has 40 aliphatic carbocycles. The van der Waals surface area contributed by atoms with Crippen LogP contribution in [0.5, 0.6) is 0 Å². The first kappa shape index (κ1) is 90.8. The minimum absolute atomic E-state index is 0.976. The Kier molecular flexibility index (Phi) is 28.7. The predicted octanol–water partition coefficient (Wildman–Crippen LogP) is 31.8. The van der Waals surface area contributed by atoms with Crippen LogP contribution in [0.25, 0.3) is 0 Å². The van der Waals surface area contributed by atoms with E-state index in [0.29, 0.717) is 0 Å². The normalized spacial score (nSPS) is 13.1. The lowest BCUT2D eigenvalue weighted by atomic mass is 9.98. The van der Waals surface area contributed by atoms with Crippen molar-refractivity contribution in [3.05, 3.63) is 708 Å². The van der Waals surface area contributed by atoms with Crippen LogP contribution in [0, 0.1) is 0 Å². The van der Waals surface area contributed by atoms with Crippen LogP contribution < -0.4 is 0 Å². The van der Waals surface area contributed by atoms with Crippen molar-refractivity contribution in [1.29, 1.82) is 0 Å². The Bertz CT molecular complexity index is 4980. The molecule has 0 saturated heterocycles. The van der Waals surface area contributed by atoms with Crippen LogP contribution in [0.3, 0.4) is 0 Å².